The normalized spacial score (nSPS) is 19.9. The van der Waals surface area contributed by atoms with Crippen molar-refractivity contribution >= 4 is 5.69 Å². The van der Waals surface area contributed by atoms with Gasteiger partial charge in [-0.2, -0.15) is 0 Å². The summed E-state index contributed by atoms with van der Waals surface area (Å²) in [6.07, 6.45) is 0. The molecule has 1 heterocycles. The molecule has 1 aromatic rings. The van der Waals surface area contributed by atoms with Crippen molar-refractivity contribution in [2.24, 2.45) is 0 Å². The van der Waals surface area contributed by atoms with Crippen molar-refractivity contribution in [3.8, 4) is 0 Å². The predicted octanol–water partition coefficient (Wildman–Crippen LogP) is 1.71. The summed E-state index contributed by atoms with van der Waals surface area (Å²) in [4.78, 5) is 2.44. The Balaban J connectivity index is 2.11. The van der Waals surface area contributed by atoms with Gasteiger partial charge in [-0.1, -0.05) is 6.07 Å². The molecule has 1 atom stereocenters. The zero-order valence-corrected chi connectivity index (χ0v) is 9.17. The van der Waals surface area contributed by atoms with Crippen LogP contribution in [-0.2, 0) is 0 Å². The van der Waals surface area contributed by atoms with Gasteiger partial charge in [0, 0.05) is 18.8 Å². The van der Waals surface area contributed by atoms with Gasteiger partial charge >= 0.3 is 0 Å². The first-order chi connectivity index (χ1) is 6.70. The molecule has 0 aliphatic carbocycles. The average molecular weight is 190 g/mol. The molecule has 0 radical (unpaired) electrons. The Bertz CT molecular complexity index is 313. The van der Waals surface area contributed by atoms with Gasteiger partial charge in [-0.15, -0.1) is 0 Å². The first-order valence-corrected chi connectivity index (χ1v) is 5.20. The van der Waals surface area contributed by atoms with Gasteiger partial charge in [-0.05, 0) is 44.2 Å². The Kier molecular flexibility index (Phi) is 2.46. The third-order valence-electron chi connectivity index (χ3n) is 2.69. The molecule has 1 aliphatic rings. The predicted molar refractivity (Wildman–Crippen MR) is 61.0 cm³/mol. The molecule has 1 saturated heterocycles. The minimum atomic E-state index is 0.709. The molecule has 0 spiro atoms. The molecule has 0 amide bonds. The van der Waals surface area contributed by atoms with Crippen molar-refractivity contribution < 1.29 is 0 Å². The number of nitrogens with one attached hydrogen (secondary N) is 1. The third kappa shape index (κ3) is 1.90. The lowest BCUT2D eigenvalue weighted by molar-refractivity contribution is 0.791. The van der Waals surface area contributed by atoms with Gasteiger partial charge in [0.2, 0.25) is 0 Å². The number of aryl methyl sites for hydroxylation is 2. The molecule has 2 rings (SSSR count). The van der Waals surface area contributed by atoms with Crippen molar-refractivity contribution in [3.63, 3.8) is 0 Å². The van der Waals surface area contributed by atoms with Gasteiger partial charge in [0.25, 0.3) is 0 Å². The van der Waals surface area contributed by atoms with E-state index in [1.165, 1.54) is 23.4 Å². The number of hydrogen-bond acceptors (Lipinski definition) is 2. The molecule has 2 nitrogen and oxygen atoms in total. The monoisotopic (exact) mass is 190 g/mol. The van der Waals surface area contributed by atoms with Crippen LogP contribution in [0.1, 0.15) is 11.1 Å². The molecule has 2 heteroatoms. The highest BCUT2D eigenvalue weighted by atomic mass is 15.3. The molecular weight excluding hydrogens is 172 g/mol. The summed E-state index contributed by atoms with van der Waals surface area (Å²) < 4.78 is 0. The quantitative estimate of drug-likeness (QED) is 0.730. The van der Waals surface area contributed by atoms with Crippen LogP contribution in [0, 0.1) is 13.8 Å². The van der Waals surface area contributed by atoms with E-state index in [1.54, 1.807) is 0 Å². The fourth-order valence-corrected chi connectivity index (χ4v) is 2.02. The van der Waals surface area contributed by atoms with Crippen LogP contribution in [0.4, 0.5) is 5.69 Å². The van der Waals surface area contributed by atoms with Crippen LogP contribution in [0.2, 0.25) is 0 Å². The van der Waals surface area contributed by atoms with Crippen molar-refractivity contribution in [3.05, 3.63) is 29.3 Å². The van der Waals surface area contributed by atoms with Crippen LogP contribution in [0.15, 0.2) is 18.2 Å². The SMILES string of the molecule is CNCC1CN1c1cc(C)cc(C)c1. The van der Waals surface area contributed by atoms with E-state index < -0.39 is 0 Å². The average Bonchev–Trinajstić information content (AvgIpc) is 2.82. The Hall–Kier alpha value is -1.02. The zero-order chi connectivity index (χ0) is 10.1. The Labute approximate surface area is 85.9 Å². The largest absolute Gasteiger partial charge is 0.363 e. The molecule has 1 aliphatic heterocycles. The summed E-state index contributed by atoms with van der Waals surface area (Å²) in [5, 5.41) is 3.22. The van der Waals surface area contributed by atoms with E-state index in [2.05, 4.69) is 42.3 Å². The maximum atomic E-state index is 3.22. The lowest BCUT2D eigenvalue weighted by Gasteiger charge is -2.08. The fourth-order valence-electron chi connectivity index (χ4n) is 2.02. The van der Waals surface area contributed by atoms with Crippen LogP contribution in [0.5, 0.6) is 0 Å². The van der Waals surface area contributed by atoms with Gasteiger partial charge in [-0.25, -0.2) is 0 Å². The van der Waals surface area contributed by atoms with Crippen molar-refractivity contribution in [1.29, 1.82) is 0 Å². The van der Waals surface area contributed by atoms with E-state index in [-0.39, 0.29) is 0 Å². The number of rotatable bonds is 3. The number of anilines is 1. The second kappa shape index (κ2) is 3.62. The lowest BCUT2D eigenvalue weighted by Crippen LogP contribution is -2.17. The summed E-state index contributed by atoms with van der Waals surface area (Å²) in [5.74, 6) is 0. The number of hydrogen-bond donors (Lipinski definition) is 1. The maximum Gasteiger partial charge on any atom is 0.0590 e. The van der Waals surface area contributed by atoms with E-state index in [0.29, 0.717) is 6.04 Å². The molecule has 0 aromatic heterocycles. The first-order valence-electron chi connectivity index (χ1n) is 5.20. The Morgan fingerprint density at radius 2 is 1.93 bits per heavy atom. The fraction of sp³-hybridized carbons (Fsp3) is 0.500. The van der Waals surface area contributed by atoms with E-state index >= 15 is 0 Å². The van der Waals surface area contributed by atoms with Crippen molar-refractivity contribution in [1.82, 2.24) is 5.32 Å². The highest BCUT2D eigenvalue weighted by molar-refractivity contribution is 5.57. The topological polar surface area (TPSA) is 15.0 Å². The highest BCUT2D eigenvalue weighted by Crippen LogP contribution is 2.28. The standard InChI is InChI=1S/C12H18N2/c1-9-4-10(2)6-11(5-9)14-8-12(14)7-13-3/h4-6,12-13H,7-8H2,1-3H3. The second-order valence-corrected chi connectivity index (χ2v) is 4.21. The van der Waals surface area contributed by atoms with E-state index in [1.807, 2.05) is 7.05 Å². The smallest absolute Gasteiger partial charge is 0.0590 e. The van der Waals surface area contributed by atoms with E-state index in [9.17, 15) is 0 Å². The van der Waals surface area contributed by atoms with Crippen LogP contribution >= 0.6 is 0 Å². The summed E-state index contributed by atoms with van der Waals surface area (Å²) in [6.45, 7) is 6.61. The second-order valence-electron chi connectivity index (χ2n) is 4.21. The minimum Gasteiger partial charge on any atom is -0.363 e. The van der Waals surface area contributed by atoms with Crippen LogP contribution in [0.3, 0.4) is 0 Å². The summed E-state index contributed by atoms with van der Waals surface area (Å²) in [5.41, 5.74) is 4.09. The molecule has 1 aromatic carbocycles. The number of likely N-dealkylation sites (N-methyl/N-ethyl adjacent to an activating group) is 1. The molecule has 76 valence electrons. The molecule has 1 N–H and O–H groups in total. The molecule has 14 heavy (non-hydrogen) atoms. The van der Waals surface area contributed by atoms with E-state index in [0.717, 1.165) is 6.54 Å². The number of nitrogens with zero attached hydrogens (tertiary/aromatic N) is 1. The highest BCUT2D eigenvalue weighted by Gasteiger charge is 2.33. The van der Waals surface area contributed by atoms with Crippen molar-refractivity contribution in [2.75, 3.05) is 25.0 Å². The van der Waals surface area contributed by atoms with Crippen LogP contribution in [0.25, 0.3) is 0 Å². The van der Waals surface area contributed by atoms with Crippen molar-refractivity contribution in [2.45, 2.75) is 19.9 Å². The first kappa shape index (κ1) is 9.53. The molecule has 0 saturated carbocycles. The molecular formula is C12H18N2. The molecule has 0 bridgehead atoms. The van der Waals surface area contributed by atoms with E-state index in [4.69, 9.17) is 0 Å². The maximum absolute atomic E-state index is 3.22. The lowest BCUT2D eigenvalue weighted by atomic mass is 10.1. The third-order valence-corrected chi connectivity index (χ3v) is 2.69. The van der Waals surface area contributed by atoms with Crippen LogP contribution < -0.4 is 10.2 Å². The van der Waals surface area contributed by atoms with Gasteiger partial charge in [0.15, 0.2) is 0 Å². The Morgan fingerprint density at radius 3 is 2.50 bits per heavy atom. The minimum absolute atomic E-state index is 0.709. The van der Waals surface area contributed by atoms with Crippen LogP contribution in [-0.4, -0.2) is 26.2 Å². The van der Waals surface area contributed by atoms with Gasteiger partial charge < -0.3 is 10.2 Å². The van der Waals surface area contributed by atoms with Gasteiger partial charge in [0.05, 0.1) is 6.04 Å². The van der Waals surface area contributed by atoms with Gasteiger partial charge in [-0.3, -0.25) is 0 Å². The summed E-state index contributed by atoms with van der Waals surface area (Å²) in [7, 11) is 2.01. The molecule has 1 fully saturated rings. The summed E-state index contributed by atoms with van der Waals surface area (Å²) in [6, 6.07) is 7.46. The van der Waals surface area contributed by atoms with Gasteiger partial charge in [0.1, 0.15) is 0 Å². The zero-order valence-electron chi connectivity index (χ0n) is 9.17. The summed E-state index contributed by atoms with van der Waals surface area (Å²) >= 11 is 0. The number of benzene rings is 1. The Morgan fingerprint density at radius 1 is 1.29 bits per heavy atom. The molecule has 1 unspecified atom stereocenters.